The van der Waals surface area contributed by atoms with Crippen molar-refractivity contribution in [2.75, 3.05) is 11.9 Å². The number of alkyl halides is 3. The number of rotatable bonds is 5. The van der Waals surface area contributed by atoms with Crippen LogP contribution in [0.5, 0.6) is 5.75 Å². The fourth-order valence-corrected chi connectivity index (χ4v) is 3.77. The van der Waals surface area contributed by atoms with E-state index in [0.29, 0.717) is 23.5 Å². The molecular formula is C20H20F3N3O2S. The van der Waals surface area contributed by atoms with E-state index in [1.54, 1.807) is 6.07 Å². The lowest BCUT2D eigenvalue weighted by Gasteiger charge is -2.09. The van der Waals surface area contributed by atoms with E-state index in [2.05, 4.69) is 20.4 Å². The minimum Gasteiger partial charge on any atom is -0.406 e. The Hall–Kier alpha value is -2.81. The summed E-state index contributed by atoms with van der Waals surface area (Å²) in [6.45, 7) is 4.42. The number of hydrogen-bond acceptors (Lipinski definition) is 5. The number of carbonyl (C=O) groups excluding carboxylic acids is 1. The van der Waals surface area contributed by atoms with E-state index in [0.717, 1.165) is 28.3 Å². The maximum Gasteiger partial charge on any atom is 0.573 e. The SMILES string of the molecule is CCNC(=O)c1cc2c(s1)NC=C(CC)CC2=Nc1ccc(OC(F)(F)F)cc1. The summed E-state index contributed by atoms with van der Waals surface area (Å²) in [6, 6.07) is 7.20. The van der Waals surface area contributed by atoms with Gasteiger partial charge in [-0.3, -0.25) is 9.79 Å². The van der Waals surface area contributed by atoms with Gasteiger partial charge in [0.2, 0.25) is 0 Å². The first-order valence-corrected chi connectivity index (χ1v) is 9.91. The molecule has 1 aliphatic rings. The van der Waals surface area contributed by atoms with Crippen molar-refractivity contribution in [2.45, 2.75) is 33.1 Å². The maximum atomic E-state index is 12.3. The summed E-state index contributed by atoms with van der Waals surface area (Å²) in [4.78, 5) is 17.4. The molecule has 1 aromatic heterocycles. The van der Waals surface area contributed by atoms with Crippen LogP contribution < -0.4 is 15.4 Å². The highest BCUT2D eigenvalue weighted by atomic mass is 32.1. The van der Waals surface area contributed by atoms with Crippen molar-refractivity contribution < 1.29 is 22.7 Å². The smallest absolute Gasteiger partial charge is 0.406 e. The second-order valence-electron chi connectivity index (χ2n) is 6.29. The molecule has 5 nitrogen and oxygen atoms in total. The second kappa shape index (κ2) is 8.69. The summed E-state index contributed by atoms with van der Waals surface area (Å²) >= 11 is 1.34. The molecule has 1 aromatic carbocycles. The molecule has 2 aromatic rings. The first-order valence-electron chi connectivity index (χ1n) is 9.09. The molecule has 2 heterocycles. The van der Waals surface area contributed by atoms with E-state index in [-0.39, 0.29) is 11.7 Å². The van der Waals surface area contributed by atoms with Crippen molar-refractivity contribution in [3.05, 3.63) is 52.5 Å². The van der Waals surface area contributed by atoms with Gasteiger partial charge in [-0.2, -0.15) is 0 Å². The highest BCUT2D eigenvalue weighted by Crippen LogP contribution is 2.34. The second-order valence-corrected chi connectivity index (χ2v) is 7.34. The minimum absolute atomic E-state index is 0.153. The van der Waals surface area contributed by atoms with E-state index in [1.807, 2.05) is 20.0 Å². The van der Waals surface area contributed by atoms with Crippen LogP contribution in [0.2, 0.25) is 0 Å². The van der Waals surface area contributed by atoms with E-state index < -0.39 is 6.36 Å². The molecule has 0 saturated heterocycles. The normalized spacial score (nSPS) is 15.2. The van der Waals surface area contributed by atoms with Gasteiger partial charge in [0.15, 0.2) is 0 Å². The number of allylic oxidation sites excluding steroid dienone is 1. The Morgan fingerprint density at radius 1 is 1.28 bits per heavy atom. The van der Waals surface area contributed by atoms with Gasteiger partial charge < -0.3 is 15.4 Å². The maximum absolute atomic E-state index is 12.3. The third-order valence-electron chi connectivity index (χ3n) is 4.19. The largest absolute Gasteiger partial charge is 0.573 e. The zero-order valence-corrected chi connectivity index (χ0v) is 16.7. The number of ether oxygens (including phenoxy) is 1. The zero-order valence-electron chi connectivity index (χ0n) is 15.9. The van der Waals surface area contributed by atoms with Gasteiger partial charge in [0.05, 0.1) is 16.3 Å². The van der Waals surface area contributed by atoms with Crippen LogP contribution >= 0.6 is 11.3 Å². The Bertz CT molecular complexity index is 947. The van der Waals surface area contributed by atoms with E-state index in [9.17, 15) is 18.0 Å². The molecule has 0 fully saturated rings. The Morgan fingerprint density at radius 2 is 2.00 bits per heavy atom. The minimum atomic E-state index is -4.73. The number of fused-ring (bicyclic) bond motifs is 1. The average molecular weight is 423 g/mol. The molecule has 0 radical (unpaired) electrons. The molecule has 0 spiro atoms. The van der Waals surface area contributed by atoms with Crippen molar-refractivity contribution >= 4 is 33.6 Å². The molecule has 0 saturated carbocycles. The quantitative estimate of drug-likeness (QED) is 0.656. The number of carbonyl (C=O) groups is 1. The first kappa shape index (κ1) is 20.9. The third kappa shape index (κ3) is 5.38. The summed E-state index contributed by atoms with van der Waals surface area (Å²) in [7, 11) is 0. The fraction of sp³-hybridized carbons (Fsp3) is 0.300. The lowest BCUT2D eigenvalue weighted by atomic mass is 10.0. The van der Waals surface area contributed by atoms with Crippen LogP contribution in [0.25, 0.3) is 0 Å². The van der Waals surface area contributed by atoms with Gasteiger partial charge in [-0.15, -0.1) is 24.5 Å². The molecule has 9 heteroatoms. The lowest BCUT2D eigenvalue weighted by Crippen LogP contribution is -2.21. The van der Waals surface area contributed by atoms with Crippen molar-refractivity contribution in [3.8, 4) is 5.75 Å². The summed E-state index contributed by atoms with van der Waals surface area (Å²) in [6.07, 6.45) is -1.42. The number of nitrogens with zero attached hydrogens (tertiary/aromatic N) is 1. The third-order valence-corrected chi connectivity index (χ3v) is 5.26. The number of nitrogens with one attached hydrogen (secondary N) is 2. The predicted octanol–water partition coefficient (Wildman–Crippen LogP) is 5.63. The molecule has 0 unspecified atom stereocenters. The molecule has 3 rings (SSSR count). The van der Waals surface area contributed by atoms with Gasteiger partial charge >= 0.3 is 6.36 Å². The molecule has 1 aliphatic heterocycles. The van der Waals surface area contributed by atoms with E-state index in [4.69, 9.17) is 0 Å². The van der Waals surface area contributed by atoms with Gasteiger partial charge in [0.25, 0.3) is 5.91 Å². The molecule has 0 bridgehead atoms. The number of thiophene rings is 1. The van der Waals surface area contributed by atoms with Crippen LogP contribution in [-0.2, 0) is 0 Å². The van der Waals surface area contributed by atoms with E-state index in [1.165, 1.54) is 35.6 Å². The van der Waals surface area contributed by atoms with Gasteiger partial charge in [-0.1, -0.05) is 6.92 Å². The molecule has 0 aliphatic carbocycles. The monoisotopic (exact) mass is 423 g/mol. The number of hydrogen-bond donors (Lipinski definition) is 2. The molecule has 0 atom stereocenters. The Morgan fingerprint density at radius 3 is 2.62 bits per heavy atom. The molecule has 2 N–H and O–H groups in total. The lowest BCUT2D eigenvalue weighted by molar-refractivity contribution is -0.274. The summed E-state index contributed by atoms with van der Waals surface area (Å²) < 4.78 is 40.9. The van der Waals surface area contributed by atoms with Gasteiger partial charge in [0.1, 0.15) is 10.8 Å². The van der Waals surface area contributed by atoms with Gasteiger partial charge in [0, 0.05) is 24.7 Å². The summed E-state index contributed by atoms with van der Waals surface area (Å²) in [5.74, 6) is -0.451. The van der Waals surface area contributed by atoms with Crippen LogP contribution in [-0.4, -0.2) is 24.5 Å². The molecule has 1 amide bonds. The fourth-order valence-electron chi connectivity index (χ4n) is 2.81. The summed E-state index contributed by atoms with van der Waals surface area (Å²) in [5.41, 5.74) is 3.19. The standard InChI is InChI=1S/C20H20F3N3O2S/c1-3-12-9-16(26-13-5-7-14(8-6-13)28-20(21,22)23)15-10-17(18(27)24-4-2)29-19(15)25-11-12/h5-8,10-11,25H,3-4,9H2,1-2H3,(H,24,27). The molecule has 154 valence electrons. The summed E-state index contributed by atoms with van der Waals surface area (Å²) in [5, 5.41) is 6.83. The first-order chi connectivity index (χ1) is 13.8. The molecular weight excluding hydrogens is 403 g/mol. The Balaban J connectivity index is 1.94. The zero-order chi connectivity index (χ0) is 21.0. The number of amides is 1. The van der Waals surface area contributed by atoms with Gasteiger partial charge in [-0.05, 0) is 49.2 Å². The topological polar surface area (TPSA) is 62.7 Å². The van der Waals surface area contributed by atoms with Crippen molar-refractivity contribution in [1.82, 2.24) is 5.32 Å². The van der Waals surface area contributed by atoms with Crippen molar-refractivity contribution in [3.63, 3.8) is 0 Å². The van der Waals surface area contributed by atoms with Crippen LogP contribution in [0, 0.1) is 0 Å². The van der Waals surface area contributed by atoms with Crippen LogP contribution in [0.3, 0.4) is 0 Å². The van der Waals surface area contributed by atoms with Crippen LogP contribution in [0.4, 0.5) is 23.9 Å². The Kier molecular flexibility index (Phi) is 6.26. The number of halogens is 3. The van der Waals surface area contributed by atoms with Crippen LogP contribution in [0.15, 0.2) is 47.1 Å². The number of anilines is 1. The number of benzene rings is 1. The highest BCUT2D eigenvalue weighted by molar-refractivity contribution is 7.18. The van der Waals surface area contributed by atoms with Crippen LogP contribution in [0.1, 0.15) is 41.9 Å². The van der Waals surface area contributed by atoms with E-state index >= 15 is 0 Å². The molecule has 29 heavy (non-hydrogen) atoms. The number of aliphatic imine (C=N–C) groups is 1. The van der Waals surface area contributed by atoms with Gasteiger partial charge in [-0.25, -0.2) is 0 Å². The highest BCUT2D eigenvalue weighted by Gasteiger charge is 2.31. The predicted molar refractivity (Wildman–Crippen MR) is 108 cm³/mol. The van der Waals surface area contributed by atoms with Crippen molar-refractivity contribution in [1.29, 1.82) is 0 Å². The average Bonchev–Trinajstić information content (AvgIpc) is 3.02. The Labute approximate surface area is 170 Å². The van der Waals surface area contributed by atoms with Crippen molar-refractivity contribution in [2.24, 2.45) is 4.99 Å².